The zero-order valence-electron chi connectivity index (χ0n) is 5.69. The number of hydrogen-bond donors (Lipinski definition) is 1. The summed E-state index contributed by atoms with van der Waals surface area (Å²) in [4.78, 5) is 22.8. The lowest BCUT2D eigenvalue weighted by Crippen LogP contribution is -2.51. The van der Waals surface area contributed by atoms with Gasteiger partial charge in [0.2, 0.25) is 6.04 Å². The van der Waals surface area contributed by atoms with Gasteiger partial charge in [-0.1, -0.05) is 0 Å². The highest BCUT2D eigenvalue weighted by atomic mass is 16.6. The zero-order chi connectivity index (χ0) is 8.01. The fraction of sp³-hybridized carbons (Fsp3) is 0.667. The van der Waals surface area contributed by atoms with E-state index in [2.05, 4.69) is 0 Å². The molecule has 60 valence electrons. The minimum atomic E-state index is -1.11. The molecule has 2 unspecified atom stereocenters. The summed E-state index contributed by atoms with van der Waals surface area (Å²) in [5.41, 5.74) is 0. The summed E-state index contributed by atoms with van der Waals surface area (Å²) in [6, 6.07) is -1.05. The molecule has 5 nitrogen and oxygen atoms in total. The molecule has 0 bridgehead atoms. The second kappa shape index (κ2) is 1.94. The third-order valence-electron chi connectivity index (χ3n) is 2.05. The summed E-state index contributed by atoms with van der Waals surface area (Å²) in [6.07, 6.45) is 0.499. The van der Waals surface area contributed by atoms with Crippen LogP contribution in [-0.2, 0) is 14.3 Å². The van der Waals surface area contributed by atoms with Crippen molar-refractivity contribution >= 4 is 11.9 Å². The molecule has 5 heteroatoms. The van der Waals surface area contributed by atoms with E-state index in [9.17, 15) is 9.59 Å². The smallest absolute Gasteiger partial charge is 0.336 e. The molecule has 0 radical (unpaired) electrons. The number of carbonyl (C=O) groups excluding carboxylic acids is 1. The van der Waals surface area contributed by atoms with Gasteiger partial charge in [-0.3, -0.25) is 0 Å². The molecule has 0 aromatic rings. The van der Waals surface area contributed by atoms with Crippen LogP contribution in [0.1, 0.15) is 6.42 Å². The summed E-state index contributed by atoms with van der Waals surface area (Å²) >= 11 is 0. The Hall–Kier alpha value is -1.10. The quantitative estimate of drug-likeness (QED) is 0.391. The number of aliphatic carboxylic acids is 1. The van der Waals surface area contributed by atoms with Crippen LogP contribution in [0.5, 0.6) is 0 Å². The maximum absolute atomic E-state index is 10.8. The van der Waals surface area contributed by atoms with Crippen molar-refractivity contribution in [1.82, 2.24) is 4.90 Å². The molecule has 2 fully saturated rings. The van der Waals surface area contributed by atoms with Crippen LogP contribution in [0.4, 0.5) is 0 Å². The van der Waals surface area contributed by atoms with Crippen LogP contribution < -0.4 is 0 Å². The lowest BCUT2D eigenvalue weighted by Gasteiger charge is -2.32. The van der Waals surface area contributed by atoms with E-state index in [1.165, 1.54) is 0 Å². The SMILES string of the molecule is O=C(O)C1C(=O)OC2CCN21. The van der Waals surface area contributed by atoms with Crippen molar-refractivity contribution in [3.63, 3.8) is 0 Å². The van der Waals surface area contributed by atoms with Crippen molar-refractivity contribution in [1.29, 1.82) is 0 Å². The van der Waals surface area contributed by atoms with E-state index in [1.807, 2.05) is 0 Å². The first-order valence-electron chi connectivity index (χ1n) is 3.39. The first-order valence-corrected chi connectivity index (χ1v) is 3.39. The topological polar surface area (TPSA) is 66.8 Å². The van der Waals surface area contributed by atoms with Crippen molar-refractivity contribution in [3.05, 3.63) is 0 Å². The molecule has 11 heavy (non-hydrogen) atoms. The van der Waals surface area contributed by atoms with Crippen LogP contribution in [0.15, 0.2) is 0 Å². The van der Waals surface area contributed by atoms with Gasteiger partial charge in [0.15, 0.2) is 6.23 Å². The van der Waals surface area contributed by atoms with Gasteiger partial charge in [-0.15, -0.1) is 0 Å². The molecule has 0 saturated carbocycles. The number of carbonyl (C=O) groups is 2. The number of esters is 1. The van der Waals surface area contributed by atoms with Gasteiger partial charge in [-0.25, -0.2) is 14.5 Å². The third kappa shape index (κ3) is 0.742. The van der Waals surface area contributed by atoms with Gasteiger partial charge in [0.25, 0.3) is 0 Å². The number of ether oxygens (including phenoxy) is 1. The standard InChI is InChI=1S/C6H7NO4/c8-5(9)4-6(10)11-3-1-2-7(3)4/h3-4H,1-2H2,(H,8,9). The van der Waals surface area contributed by atoms with E-state index >= 15 is 0 Å². The Morgan fingerprint density at radius 1 is 1.73 bits per heavy atom. The summed E-state index contributed by atoms with van der Waals surface area (Å²) in [7, 11) is 0. The van der Waals surface area contributed by atoms with Crippen LogP contribution in [0.3, 0.4) is 0 Å². The van der Waals surface area contributed by atoms with Gasteiger partial charge in [0.1, 0.15) is 0 Å². The Balaban J connectivity index is 2.19. The lowest BCUT2D eigenvalue weighted by atomic mass is 10.1. The van der Waals surface area contributed by atoms with E-state index in [0.29, 0.717) is 6.54 Å². The molecular weight excluding hydrogens is 150 g/mol. The van der Waals surface area contributed by atoms with Crippen molar-refractivity contribution in [2.75, 3.05) is 6.54 Å². The molecule has 2 aliphatic rings. The third-order valence-corrected chi connectivity index (χ3v) is 2.05. The van der Waals surface area contributed by atoms with Gasteiger partial charge < -0.3 is 9.84 Å². The Labute approximate surface area is 62.5 Å². The van der Waals surface area contributed by atoms with Crippen LogP contribution in [0.2, 0.25) is 0 Å². The molecule has 2 saturated heterocycles. The van der Waals surface area contributed by atoms with Crippen LogP contribution in [0, 0.1) is 0 Å². The molecule has 2 heterocycles. The average Bonchev–Trinajstić information content (AvgIpc) is 2.10. The molecule has 0 amide bonds. The zero-order valence-corrected chi connectivity index (χ0v) is 5.69. The maximum atomic E-state index is 10.8. The normalized spacial score (nSPS) is 35.8. The summed E-state index contributed by atoms with van der Waals surface area (Å²) in [5, 5.41) is 8.56. The fourth-order valence-corrected chi connectivity index (χ4v) is 1.38. The van der Waals surface area contributed by atoms with Gasteiger partial charge in [-0.05, 0) is 0 Å². The van der Waals surface area contributed by atoms with Crippen molar-refractivity contribution in [2.24, 2.45) is 0 Å². The molecule has 0 spiro atoms. The number of nitrogens with zero attached hydrogens (tertiary/aromatic N) is 1. The summed E-state index contributed by atoms with van der Waals surface area (Å²) in [6.45, 7) is 0.646. The highest BCUT2D eigenvalue weighted by Gasteiger charge is 2.51. The summed E-state index contributed by atoms with van der Waals surface area (Å²) in [5.74, 6) is -1.74. The first-order chi connectivity index (χ1) is 5.20. The molecule has 2 atom stereocenters. The number of hydrogen-bond acceptors (Lipinski definition) is 4. The highest BCUT2D eigenvalue weighted by Crippen LogP contribution is 2.28. The largest absolute Gasteiger partial charge is 0.480 e. The molecule has 0 aromatic carbocycles. The van der Waals surface area contributed by atoms with Gasteiger partial charge in [0, 0.05) is 13.0 Å². The van der Waals surface area contributed by atoms with Crippen molar-refractivity contribution in [3.8, 4) is 0 Å². The minimum Gasteiger partial charge on any atom is -0.480 e. The monoisotopic (exact) mass is 157 g/mol. The average molecular weight is 157 g/mol. The van der Waals surface area contributed by atoms with E-state index in [-0.39, 0.29) is 6.23 Å². The van der Waals surface area contributed by atoms with E-state index in [0.717, 1.165) is 6.42 Å². The Morgan fingerprint density at radius 3 is 2.73 bits per heavy atom. The second-order valence-corrected chi connectivity index (χ2v) is 2.66. The number of fused-ring (bicyclic) bond motifs is 1. The maximum Gasteiger partial charge on any atom is 0.336 e. The second-order valence-electron chi connectivity index (χ2n) is 2.66. The van der Waals surface area contributed by atoms with Crippen LogP contribution in [0.25, 0.3) is 0 Å². The van der Waals surface area contributed by atoms with E-state index in [4.69, 9.17) is 9.84 Å². The van der Waals surface area contributed by atoms with E-state index in [1.54, 1.807) is 4.90 Å². The van der Waals surface area contributed by atoms with Gasteiger partial charge in [0.05, 0.1) is 0 Å². The predicted octanol–water partition coefficient (Wildman–Crippen LogP) is -0.972. The Morgan fingerprint density at radius 2 is 2.45 bits per heavy atom. The lowest BCUT2D eigenvalue weighted by molar-refractivity contribution is -0.149. The molecule has 2 rings (SSSR count). The molecule has 0 aliphatic carbocycles. The fourth-order valence-electron chi connectivity index (χ4n) is 1.38. The van der Waals surface area contributed by atoms with Gasteiger partial charge in [-0.2, -0.15) is 0 Å². The summed E-state index contributed by atoms with van der Waals surface area (Å²) < 4.78 is 4.74. The molecular formula is C6H7NO4. The van der Waals surface area contributed by atoms with Crippen LogP contribution >= 0.6 is 0 Å². The van der Waals surface area contributed by atoms with E-state index < -0.39 is 18.0 Å². The van der Waals surface area contributed by atoms with Crippen LogP contribution in [-0.4, -0.2) is 40.8 Å². The molecule has 1 N–H and O–H groups in total. The van der Waals surface area contributed by atoms with Crippen molar-refractivity contribution < 1.29 is 19.4 Å². The first kappa shape index (κ1) is 6.60. The number of carboxylic acids is 1. The number of rotatable bonds is 1. The van der Waals surface area contributed by atoms with Gasteiger partial charge >= 0.3 is 11.9 Å². The minimum absolute atomic E-state index is 0.261. The number of carboxylic acid groups (broad SMARTS) is 1. The van der Waals surface area contributed by atoms with Crippen molar-refractivity contribution in [2.45, 2.75) is 18.7 Å². The molecule has 2 aliphatic heterocycles. The highest BCUT2D eigenvalue weighted by molar-refractivity contribution is 5.99. The Kier molecular flexibility index (Phi) is 1.17. The predicted molar refractivity (Wildman–Crippen MR) is 32.6 cm³/mol. The molecule has 0 aromatic heterocycles. The Bertz CT molecular complexity index is 227.